The minimum atomic E-state index is -0.735. The van der Waals surface area contributed by atoms with Gasteiger partial charge in [0.15, 0.2) is 27.8 Å². The number of carbonyl (C=O) groups excluding carboxylic acids is 4. The summed E-state index contributed by atoms with van der Waals surface area (Å²) in [5.41, 5.74) is 5.12. The molecule has 0 fully saturated rings. The van der Waals surface area contributed by atoms with Crippen molar-refractivity contribution in [1.29, 1.82) is 0 Å². The van der Waals surface area contributed by atoms with Crippen molar-refractivity contribution >= 4 is 111 Å². The number of hydrogen-bond donors (Lipinski definition) is 23. The summed E-state index contributed by atoms with van der Waals surface area (Å²) in [5, 5.41) is 91.8. The Morgan fingerprint density at radius 1 is 0.481 bits per heavy atom. The van der Waals surface area contributed by atoms with E-state index in [-0.39, 0.29) is 28.5 Å². The Morgan fingerprint density at radius 2 is 0.924 bits per heavy atom. The molecule has 0 atom stereocenters. The predicted octanol–water partition coefficient (Wildman–Crippen LogP) is -2.74. The number of H-pyrrole nitrogens is 10. The second-order valence-electron chi connectivity index (χ2n) is 28.4. The molecule has 0 saturated carbocycles. The maximum absolute atomic E-state index is 11.2. The predicted molar refractivity (Wildman–Crippen MR) is 519 cm³/mol. The molecule has 131 heavy (non-hydrogen) atoms. The van der Waals surface area contributed by atoms with Crippen LogP contribution in [0.25, 0.3) is 0 Å². The summed E-state index contributed by atoms with van der Waals surface area (Å²) in [7, 11) is 38.4. The zero-order valence-electron chi connectivity index (χ0n) is 79.6. The third-order valence-electron chi connectivity index (χ3n) is 17.7. The van der Waals surface area contributed by atoms with Gasteiger partial charge < -0.3 is 118 Å². The lowest BCUT2D eigenvalue weighted by molar-refractivity contribution is -0.191. The molecular weight excluding hydrogens is 1760 g/mol. The highest BCUT2D eigenvalue weighted by Gasteiger charge is 2.32. The van der Waals surface area contributed by atoms with Crippen LogP contribution in [-0.4, -0.2) is 405 Å². The van der Waals surface area contributed by atoms with Gasteiger partial charge in [0.2, 0.25) is 41.3 Å². The van der Waals surface area contributed by atoms with Crippen LogP contribution in [0.1, 0.15) is 57.8 Å². The number of carbonyl (C=O) groups is 2. The molecule has 24 N–H and O–H groups in total. The van der Waals surface area contributed by atoms with Gasteiger partial charge in [-0.3, -0.25) is 52.6 Å². The summed E-state index contributed by atoms with van der Waals surface area (Å²) >= 11 is 7.51. The number of nitrogens with one attached hydrogen (secondary N) is 21. The number of amides is 2. The molecular formula is C74H147N43O11S3. The first-order valence-electron chi connectivity index (χ1n) is 42.2. The van der Waals surface area contributed by atoms with Crippen molar-refractivity contribution in [2.24, 2.45) is 0 Å². The summed E-state index contributed by atoms with van der Waals surface area (Å²) in [6.07, 6.45) is 14.8. The topological polar surface area (TPSA) is 674 Å². The molecule has 2 amide bonds. The third kappa shape index (κ3) is 55.0. The largest absolute Gasteiger partial charge is 0.501 e. The van der Waals surface area contributed by atoms with Crippen LogP contribution in [0.5, 0.6) is 0 Å². The molecule has 57 heteroatoms. The van der Waals surface area contributed by atoms with E-state index < -0.39 is 23.3 Å². The van der Waals surface area contributed by atoms with Gasteiger partial charge in [-0.05, 0) is 204 Å². The van der Waals surface area contributed by atoms with E-state index in [4.69, 9.17) is 32.1 Å². The van der Waals surface area contributed by atoms with Gasteiger partial charge in [0.05, 0.1) is 18.5 Å². The number of aliphatic hydroxyl groups excluding tert-OH is 1. The second kappa shape index (κ2) is 75.9. The van der Waals surface area contributed by atoms with Crippen LogP contribution in [0, 0.1) is 4.64 Å². The molecule has 0 aliphatic carbocycles. The average molecular weight is 1910 g/mol. The number of hydrogen-bond acceptors (Lipinski definition) is 46. The standard InChI is InChI=1S/C8H13N3O3.C8H15N3O2.C8H15N3OS.C7H16N6.C7H15N5S.3C7H15N5.C7H14N4O2.C7H14N4OS.CO2/c1-9-3-4-11(2)5-6(12)8(14)10-7(5)13;2*1-9-4-3-5-11(2)8-6-7(12)10-13-8;1-9-4-3-5-13(2)7-10-6(8)11-12-7;1-8-4-3-5-12(2)6-7(13)10-11-9-6;1-8-4-3-5-12(2)7-9-6-10-11-7;2*1-8-4-3-5-12(2)7-6-9-11-10-7;1-8-4-3-5-11(2)6-9-7(12)13-10-6;1-8-4-3-5-11(2)6-7(12)10-13-9-6;2-1-3/h9H,3-4H2,1-2H3,(H2,10,12,13,14);2*6,9H,3-5H2,1-2H3,(H,10,12);9H,3-5H2,1-2H3,(H3,8,10,11,12);8H,3-5H2,1-2H3,(H2,9,10,11,13);3*6,8H,3-5H2,1-2H3,(H,9,10,11);8H,3-5H2,1-2H3,(H,9,10,12);8H,3-5H2,1-2H3,(H,10,12);. The van der Waals surface area contributed by atoms with Gasteiger partial charge >= 0.3 is 17.5 Å². The van der Waals surface area contributed by atoms with Gasteiger partial charge in [0.1, 0.15) is 11.3 Å². The monoisotopic (exact) mass is 1910 g/mol. The van der Waals surface area contributed by atoms with Crippen LogP contribution in [0.3, 0.4) is 0 Å². The Morgan fingerprint density at radius 3 is 1.27 bits per heavy atom. The summed E-state index contributed by atoms with van der Waals surface area (Å²) in [5.74, 6) is 3.69. The SMILES string of the molecule is CNCCCN(C)c1cc(=O)[nH]o1.CNCCCN(C)c1cc(=O)[nH]s1.CNCCCN(C)c1cn[nH]n1.CNCCCN(C)c1cn[nH]n1.CNCCCN(C)c1n[nH][nH]c1=S.CNCCCN(C)c1n[nH]c(N)n1.CNCCCN(C)c1ncn[nH]1.CNCCCN(C)c1noc(=O)[nH]1.CNCCCN(C)c1ns[nH]c1=O.CNCCN(C)C1=C(O)C(=O)NC1=O.O=C=O. The Labute approximate surface area is 777 Å². The number of likely N-dealkylation sites (N-methyl/N-ethyl adjacent to an activating group) is 2. The molecule has 54 nitrogen and oxygen atoms in total. The van der Waals surface area contributed by atoms with Crippen molar-refractivity contribution < 1.29 is 33.3 Å². The van der Waals surface area contributed by atoms with Crippen LogP contribution >= 0.6 is 35.5 Å². The molecule has 9 aromatic heterocycles. The van der Waals surface area contributed by atoms with Gasteiger partial charge in [-0.2, -0.15) is 54.8 Å². The van der Waals surface area contributed by atoms with Crippen molar-refractivity contribution in [2.45, 2.75) is 57.8 Å². The fourth-order valence-corrected chi connectivity index (χ4v) is 11.9. The molecule has 742 valence electrons. The fourth-order valence-electron chi connectivity index (χ4n) is 10.4. The molecule has 0 unspecified atom stereocenters. The van der Waals surface area contributed by atoms with Gasteiger partial charge in [-0.15, -0.1) is 20.4 Å². The average Bonchev–Trinajstić information content (AvgIpc) is 1.68. The number of nitrogen functional groups attached to an aromatic ring is 1. The Balaban J connectivity index is 0.00000143. The molecule has 0 aromatic carbocycles. The molecule has 0 saturated heterocycles. The fraction of sp³-hybridized carbons (Fsp3) is 0.662. The van der Waals surface area contributed by atoms with Crippen LogP contribution in [-0.2, 0) is 19.2 Å². The van der Waals surface area contributed by atoms with Crippen molar-refractivity contribution in [3.63, 3.8) is 0 Å². The zero-order chi connectivity index (χ0) is 97.9. The maximum atomic E-state index is 11.2. The number of rotatable bonds is 49. The maximum Gasteiger partial charge on any atom is 0.440 e. The van der Waals surface area contributed by atoms with E-state index >= 15 is 0 Å². The lowest BCUT2D eigenvalue weighted by Gasteiger charge is -2.17. The van der Waals surface area contributed by atoms with E-state index in [1.165, 1.54) is 28.8 Å². The summed E-state index contributed by atoms with van der Waals surface area (Å²) < 4.78 is 19.2. The number of nitrogens with two attached hydrogens (primary N) is 1. The molecule has 0 spiro atoms. The summed E-state index contributed by atoms with van der Waals surface area (Å²) in [6, 6.07) is 3.07. The summed E-state index contributed by atoms with van der Waals surface area (Å²) in [6.45, 7) is 18.5. The van der Waals surface area contributed by atoms with Crippen LogP contribution in [0.2, 0.25) is 0 Å². The van der Waals surface area contributed by atoms with Gasteiger partial charge in [-0.25, -0.2) is 20.2 Å². The lowest BCUT2D eigenvalue weighted by atomic mass is 10.3. The third-order valence-corrected chi connectivity index (χ3v) is 19.5. The first-order valence-corrected chi connectivity index (χ1v) is 44.2. The van der Waals surface area contributed by atoms with E-state index in [9.17, 15) is 33.9 Å². The smallest absolute Gasteiger partial charge is 0.440 e. The van der Waals surface area contributed by atoms with E-state index in [1.54, 1.807) is 32.6 Å². The molecule has 10 rings (SSSR count). The molecule has 1 aliphatic rings. The highest BCUT2D eigenvalue weighted by atomic mass is 32.1. The number of aliphatic hydroxyl groups is 1. The molecule has 1 aliphatic heterocycles. The molecule has 10 heterocycles. The van der Waals surface area contributed by atoms with E-state index in [2.05, 4.69) is 177 Å². The number of aromatic nitrogens is 21. The molecule has 0 radical (unpaired) electrons. The highest BCUT2D eigenvalue weighted by Crippen LogP contribution is 2.16. The minimum Gasteiger partial charge on any atom is -0.501 e. The Hall–Kier alpha value is -11.9. The summed E-state index contributed by atoms with van der Waals surface area (Å²) in [4.78, 5) is 112. The normalized spacial score (nSPS) is 10.7. The van der Waals surface area contributed by atoms with Gasteiger partial charge in [0, 0.05) is 160 Å². The van der Waals surface area contributed by atoms with Crippen molar-refractivity contribution in [3.05, 3.63) is 88.6 Å². The van der Waals surface area contributed by atoms with Crippen LogP contribution in [0.15, 0.2) is 70.5 Å². The molecule has 9 aromatic rings. The van der Waals surface area contributed by atoms with E-state index in [1.807, 2.05) is 162 Å². The number of anilines is 10. The van der Waals surface area contributed by atoms with Crippen molar-refractivity contribution in [2.75, 3.05) is 322 Å². The van der Waals surface area contributed by atoms with E-state index in [0.29, 0.717) is 47.3 Å². The minimum absolute atomic E-state index is 0.0135. The lowest BCUT2D eigenvalue weighted by Crippen LogP contribution is -2.32. The van der Waals surface area contributed by atoms with Crippen molar-refractivity contribution in [1.82, 2.24) is 168 Å². The zero-order valence-corrected chi connectivity index (χ0v) is 82.1. The van der Waals surface area contributed by atoms with Gasteiger partial charge in [0.25, 0.3) is 22.9 Å². The number of imide groups is 1. The highest BCUT2D eigenvalue weighted by molar-refractivity contribution is 7.71. The van der Waals surface area contributed by atoms with Crippen LogP contribution in [0.4, 0.5) is 58.0 Å². The Bertz CT molecular complexity index is 4240. The second-order valence-corrected chi connectivity index (χ2v) is 30.2. The first-order chi connectivity index (χ1) is 63.0. The molecule has 0 bridgehead atoms. The first kappa shape index (κ1) is 119. The van der Waals surface area contributed by atoms with Crippen LogP contribution < -0.4 is 131 Å². The quantitative estimate of drug-likeness (QED) is 0.0104. The number of nitrogens with zero attached hydrogens (tertiary/aromatic N) is 21. The van der Waals surface area contributed by atoms with Gasteiger partial charge in [-0.1, -0.05) is 12.2 Å². The van der Waals surface area contributed by atoms with Crippen molar-refractivity contribution in [3.8, 4) is 0 Å². The number of aromatic amines is 10. The van der Waals surface area contributed by atoms with E-state index in [0.717, 1.165) is 216 Å². The Kier molecular flexibility index (Phi) is 69.0.